The van der Waals surface area contributed by atoms with E-state index in [1.807, 2.05) is 26.8 Å². The molecule has 1 heterocycles. The number of imide groups is 1. The number of rotatable bonds is 4. The van der Waals surface area contributed by atoms with Crippen molar-refractivity contribution in [2.45, 2.75) is 27.2 Å². The number of ether oxygens (including phenoxy) is 1. The molecule has 0 N–H and O–H groups in total. The lowest BCUT2D eigenvalue weighted by molar-refractivity contribution is -0.126. The number of carbonyl (C=O) groups is 2. The molecular formula is C16H18N2O3. The molecule has 5 nitrogen and oxygen atoms in total. The summed E-state index contributed by atoms with van der Waals surface area (Å²) in [5, 5.41) is 8.62. The van der Waals surface area contributed by atoms with Gasteiger partial charge < -0.3 is 4.74 Å². The van der Waals surface area contributed by atoms with E-state index in [0.29, 0.717) is 11.4 Å². The molecule has 1 fully saturated rings. The molecule has 1 aliphatic heterocycles. The monoisotopic (exact) mass is 286 g/mol. The van der Waals surface area contributed by atoms with Crippen molar-refractivity contribution in [3.63, 3.8) is 0 Å². The van der Waals surface area contributed by atoms with E-state index >= 15 is 0 Å². The number of amides is 2. The van der Waals surface area contributed by atoms with Gasteiger partial charge in [0.15, 0.2) is 6.61 Å². The normalized spacial score (nSPS) is 21.8. The van der Waals surface area contributed by atoms with Crippen molar-refractivity contribution >= 4 is 17.5 Å². The Morgan fingerprint density at radius 2 is 2.05 bits per heavy atom. The molecule has 2 amide bonds. The Kier molecular flexibility index (Phi) is 3.99. The minimum Gasteiger partial charge on any atom is -0.477 e. The summed E-state index contributed by atoms with van der Waals surface area (Å²) in [5.41, 5.74) is -0.286. The molecule has 1 aromatic carbocycles. The second kappa shape index (κ2) is 5.57. The van der Waals surface area contributed by atoms with E-state index in [0.717, 1.165) is 0 Å². The summed E-state index contributed by atoms with van der Waals surface area (Å²) < 4.78 is 5.32. The topological polar surface area (TPSA) is 70.4 Å². The maximum atomic E-state index is 12.7. The standard InChI is InChI=1S/C16H18N2O3/c1-11(2)16(3)10-14(19)18(15(16)20)12-6-4-5-7-13(12)21-9-8-17/h4-7,11H,9-10H2,1-3H3. The summed E-state index contributed by atoms with van der Waals surface area (Å²) >= 11 is 0. The lowest BCUT2D eigenvalue weighted by atomic mass is 9.78. The molecule has 1 saturated heterocycles. The average Bonchev–Trinajstić information content (AvgIpc) is 2.68. The fourth-order valence-corrected chi connectivity index (χ4v) is 2.41. The van der Waals surface area contributed by atoms with Gasteiger partial charge in [-0.25, -0.2) is 4.90 Å². The summed E-state index contributed by atoms with van der Waals surface area (Å²) in [5.74, 6) is -0.0142. The van der Waals surface area contributed by atoms with Crippen LogP contribution in [-0.2, 0) is 9.59 Å². The average molecular weight is 286 g/mol. The van der Waals surface area contributed by atoms with Crippen molar-refractivity contribution in [3.8, 4) is 11.8 Å². The molecule has 1 aromatic rings. The lowest BCUT2D eigenvalue weighted by Crippen LogP contribution is -2.37. The van der Waals surface area contributed by atoms with Crippen LogP contribution in [-0.4, -0.2) is 18.4 Å². The highest BCUT2D eigenvalue weighted by Crippen LogP contribution is 2.43. The Bertz CT molecular complexity index is 618. The molecule has 5 heteroatoms. The van der Waals surface area contributed by atoms with Crippen LogP contribution in [0.25, 0.3) is 0 Å². The van der Waals surface area contributed by atoms with Gasteiger partial charge in [-0.15, -0.1) is 0 Å². The van der Waals surface area contributed by atoms with E-state index in [2.05, 4.69) is 0 Å². The Morgan fingerprint density at radius 1 is 1.38 bits per heavy atom. The Hall–Kier alpha value is -2.35. The molecule has 0 bridgehead atoms. The molecule has 1 aliphatic rings. The van der Waals surface area contributed by atoms with Crippen molar-refractivity contribution in [2.75, 3.05) is 11.5 Å². The Morgan fingerprint density at radius 3 is 2.62 bits per heavy atom. The van der Waals surface area contributed by atoms with Crippen molar-refractivity contribution < 1.29 is 14.3 Å². The van der Waals surface area contributed by atoms with E-state index in [9.17, 15) is 9.59 Å². The predicted octanol–water partition coefficient (Wildman–Crippen LogP) is 2.51. The SMILES string of the molecule is CC(C)C1(C)CC(=O)N(c2ccccc2OCC#N)C1=O. The summed E-state index contributed by atoms with van der Waals surface area (Å²) in [6.45, 7) is 5.56. The maximum absolute atomic E-state index is 12.7. The van der Waals surface area contributed by atoms with Gasteiger partial charge in [0.2, 0.25) is 11.8 Å². The van der Waals surface area contributed by atoms with Crippen LogP contribution in [0, 0.1) is 22.7 Å². The maximum Gasteiger partial charge on any atom is 0.240 e. The Balaban J connectivity index is 2.41. The van der Waals surface area contributed by atoms with Gasteiger partial charge >= 0.3 is 0 Å². The summed E-state index contributed by atoms with van der Waals surface area (Å²) in [4.78, 5) is 26.2. The first kappa shape index (κ1) is 15.0. The molecule has 0 radical (unpaired) electrons. The van der Waals surface area contributed by atoms with Crippen LogP contribution in [0.4, 0.5) is 5.69 Å². The molecule has 0 aliphatic carbocycles. The summed E-state index contributed by atoms with van der Waals surface area (Å²) in [7, 11) is 0. The fourth-order valence-electron chi connectivity index (χ4n) is 2.41. The highest BCUT2D eigenvalue weighted by atomic mass is 16.5. The first-order valence-electron chi connectivity index (χ1n) is 6.88. The van der Waals surface area contributed by atoms with Crippen LogP contribution < -0.4 is 9.64 Å². The van der Waals surface area contributed by atoms with Crippen molar-refractivity contribution in [1.29, 1.82) is 5.26 Å². The summed E-state index contributed by atoms with van der Waals surface area (Å²) in [6.07, 6.45) is 0.191. The number of hydrogen-bond acceptors (Lipinski definition) is 4. The molecule has 1 atom stereocenters. The highest BCUT2D eigenvalue weighted by Gasteiger charge is 2.51. The lowest BCUT2D eigenvalue weighted by Gasteiger charge is -2.26. The number of hydrogen-bond donors (Lipinski definition) is 0. The first-order chi connectivity index (χ1) is 9.91. The first-order valence-corrected chi connectivity index (χ1v) is 6.88. The third-order valence-corrected chi connectivity index (χ3v) is 4.13. The molecule has 0 aromatic heterocycles. The third kappa shape index (κ3) is 2.49. The van der Waals surface area contributed by atoms with Crippen molar-refractivity contribution in [2.24, 2.45) is 11.3 Å². The minimum atomic E-state index is -0.695. The zero-order valence-electron chi connectivity index (χ0n) is 12.4. The molecule has 21 heavy (non-hydrogen) atoms. The van der Waals surface area contributed by atoms with Gasteiger partial charge in [-0.2, -0.15) is 5.26 Å². The number of benzene rings is 1. The van der Waals surface area contributed by atoms with Gasteiger partial charge in [0.25, 0.3) is 0 Å². The molecule has 110 valence electrons. The van der Waals surface area contributed by atoms with Crippen molar-refractivity contribution in [3.05, 3.63) is 24.3 Å². The van der Waals surface area contributed by atoms with Crippen LogP contribution in [0.2, 0.25) is 0 Å². The quantitative estimate of drug-likeness (QED) is 0.797. The molecule has 2 rings (SSSR count). The largest absolute Gasteiger partial charge is 0.477 e. The number of anilines is 1. The van der Waals surface area contributed by atoms with Gasteiger partial charge in [-0.1, -0.05) is 26.0 Å². The van der Waals surface area contributed by atoms with Crippen LogP contribution in [0.5, 0.6) is 5.75 Å². The van der Waals surface area contributed by atoms with Gasteiger partial charge in [-0.3, -0.25) is 9.59 Å². The van der Waals surface area contributed by atoms with Gasteiger partial charge in [0, 0.05) is 6.42 Å². The van der Waals surface area contributed by atoms with Crippen molar-refractivity contribution in [1.82, 2.24) is 0 Å². The van der Waals surface area contributed by atoms with Crippen LogP contribution in [0.3, 0.4) is 0 Å². The Labute approximate surface area is 124 Å². The number of para-hydroxylation sites is 2. The van der Waals surface area contributed by atoms with E-state index in [1.54, 1.807) is 24.3 Å². The third-order valence-electron chi connectivity index (χ3n) is 4.13. The van der Waals surface area contributed by atoms with E-state index in [4.69, 9.17) is 10.00 Å². The smallest absolute Gasteiger partial charge is 0.240 e. The fraction of sp³-hybridized carbons (Fsp3) is 0.438. The van der Waals surface area contributed by atoms with Gasteiger partial charge in [0.1, 0.15) is 11.8 Å². The van der Waals surface area contributed by atoms with Crippen LogP contribution in [0.1, 0.15) is 27.2 Å². The van der Waals surface area contributed by atoms with Gasteiger partial charge in [0.05, 0.1) is 11.1 Å². The van der Waals surface area contributed by atoms with Crippen LogP contribution >= 0.6 is 0 Å². The second-order valence-corrected chi connectivity index (χ2v) is 5.70. The van der Waals surface area contributed by atoms with Gasteiger partial charge in [-0.05, 0) is 25.0 Å². The van der Waals surface area contributed by atoms with Crippen LogP contribution in [0.15, 0.2) is 24.3 Å². The second-order valence-electron chi connectivity index (χ2n) is 5.70. The zero-order valence-corrected chi connectivity index (χ0v) is 12.4. The number of nitriles is 1. The molecule has 0 spiro atoms. The number of carbonyl (C=O) groups excluding carboxylic acids is 2. The number of nitrogens with zero attached hydrogens (tertiary/aromatic N) is 2. The minimum absolute atomic E-state index is 0.0612. The van der Waals surface area contributed by atoms with E-state index in [-0.39, 0.29) is 30.8 Å². The van der Waals surface area contributed by atoms with E-state index < -0.39 is 5.41 Å². The zero-order chi connectivity index (χ0) is 15.6. The molecule has 0 saturated carbocycles. The molecular weight excluding hydrogens is 268 g/mol. The predicted molar refractivity (Wildman–Crippen MR) is 77.6 cm³/mol. The summed E-state index contributed by atoms with van der Waals surface area (Å²) in [6, 6.07) is 8.67. The highest BCUT2D eigenvalue weighted by molar-refractivity contribution is 6.23. The molecule has 1 unspecified atom stereocenters. The van der Waals surface area contributed by atoms with E-state index in [1.165, 1.54) is 4.90 Å².